The Kier molecular flexibility index (Phi) is 3.65. The molecule has 1 aromatic carbocycles. The summed E-state index contributed by atoms with van der Waals surface area (Å²) in [6.45, 7) is 3.37. The number of aromatic nitrogens is 2. The van der Waals surface area contributed by atoms with Crippen LogP contribution in [0.4, 0.5) is 5.13 Å². The number of sulfonamides is 1. The highest BCUT2D eigenvalue weighted by molar-refractivity contribution is 7.90. The molecular weight excluding hydrogens is 340 g/mol. The Morgan fingerprint density at radius 1 is 1.35 bits per heavy atom. The van der Waals surface area contributed by atoms with E-state index in [1.165, 1.54) is 29.5 Å². The van der Waals surface area contributed by atoms with E-state index in [9.17, 15) is 18.0 Å². The molecule has 0 unspecified atom stereocenters. The molecule has 0 bridgehead atoms. The quantitative estimate of drug-likeness (QED) is 0.891. The van der Waals surface area contributed by atoms with Crippen LogP contribution >= 0.6 is 11.3 Å². The van der Waals surface area contributed by atoms with Crippen LogP contribution in [0.1, 0.15) is 32.6 Å². The molecule has 1 aromatic heterocycles. The second kappa shape index (κ2) is 5.39. The molecule has 0 aliphatic carbocycles. The van der Waals surface area contributed by atoms with Gasteiger partial charge in [0.15, 0.2) is 0 Å². The van der Waals surface area contributed by atoms with Gasteiger partial charge in [-0.2, -0.15) is 0 Å². The lowest BCUT2D eigenvalue weighted by atomic mass is 10.1. The van der Waals surface area contributed by atoms with Crippen molar-refractivity contribution in [3.05, 3.63) is 34.3 Å². The fourth-order valence-corrected chi connectivity index (χ4v) is 4.44. The number of anilines is 1. The number of nitrogens with zero attached hydrogens (tertiary/aromatic N) is 3. The number of rotatable bonds is 3. The second-order valence-electron chi connectivity index (χ2n) is 4.77. The van der Waals surface area contributed by atoms with Crippen molar-refractivity contribution in [2.75, 3.05) is 11.9 Å². The Bertz CT molecular complexity index is 920. The normalized spacial score (nSPS) is 15.6. The minimum atomic E-state index is -3.89. The van der Waals surface area contributed by atoms with Crippen molar-refractivity contribution >= 4 is 38.3 Å². The summed E-state index contributed by atoms with van der Waals surface area (Å²) >= 11 is 1.21. The SMILES string of the molecule is CCN1C(=O)c2ccc(C(=O)Nc3nnc(C)s3)cc2S1(=O)=O. The Morgan fingerprint density at radius 2 is 2.09 bits per heavy atom. The first-order valence-electron chi connectivity index (χ1n) is 6.67. The average molecular weight is 352 g/mol. The molecular formula is C13H12N4O4S2. The van der Waals surface area contributed by atoms with E-state index in [0.29, 0.717) is 10.1 Å². The van der Waals surface area contributed by atoms with Gasteiger partial charge in [-0.3, -0.25) is 14.9 Å². The molecule has 2 amide bonds. The molecule has 0 spiro atoms. The van der Waals surface area contributed by atoms with E-state index >= 15 is 0 Å². The number of carbonyl (C=O) groups is 2. The Labute approximate surface area is 136 Å². The van der Waals surface area contributed by atoms with E-state index in [0.717, 1.165) is 4.31 Å². The standard InChI is InChI=1S/C13H12N4O4S2/c1-3-17-12(19)9-5-4-8(6-10(9)23(17,20)21)11(18)14-13-16-15-7(2)22-13/h4-6H,3H2,1-2H3,(H,14,16,18). The number of aryl methyl sites for hydroxylation is 1. The highest BCUT2D eigenvalue weighted by Crippen LogP contribution is 2.31. The first-order valence-corrected chi connectivity index (χ1v) is 8.93. The molecule has 0 atom stereocenters. The topological polar surface area (TPSA) is 109 Å². The monoisotopic (exact) mass is 352 g/mol. The van der Waals surface area contributed by atoms with Crippen LogP contribution in [-0.4, -0.2) is 41.3 Å². The first-order chi connectivity index (χ1) is 10.8. The molecule has 1 aliphatic rings. The van der Waals surface area contributed by atoms with Gasteiger partial charge in [0, 0.05) is 12.1 Å². The summed E-state index contributed by atoms with van der Waals surface area (Å²) in [5, 5.41) is 11.1. The van der Waals surface area contributed by atoms with Crippen molar-refractivity contribution in [3.8, 4) is 0 Å². The van der Waals surface area contributed by atoms with E-state index in [1.807, 2.05) is 0 Å². The molecule has 1 N–H and O–H groups in total. The number of nitrogens with one attached hydrogen (secondary N) is 1. The second-order valence-corrected chi connectivity index (χ2v) is 7.78. The smallest absolute Gasteiger partial charge is 0.268 e. The Morgan fingerprint density at radius 3 is 2.70 bits per heavy atom. The molecule has 2 heterocycles. The summed E-state index contributed by atoms with van der Waals surface area (Å²) in [4.78, 5) is 24.1. The van der Waals surface area contributed by atoms with Crippen LogP contribution in [0.15, 0.2) is 23.1 Å². The molecule has 0 saturated carbocycles. The zero-order chi connectivity index (χ0) is 16.8. The average Bonchev–Trinajstić information content (AvgIpc) is 2.99. The zero-order valence-corrected chi connectivity index (χ0v) is 13.9. The maximum absolute atomic E-state index is 12.3. The van der Waals surface area contributed by atoms with E-state index in [-0.39, 0.29) is 22.6 Å². The maximum atomic E-state index is 12.3. The largest absolute Gasteiger partial charge is 0.296 e. The number of carbonyl (C=O) groups excluding carboxylic acids is 2. The van der Waals surface area contributed by atoms with Gasteiger partial charge in [-0.25, -0.2) is 12.7 Å². The summed E-state index contributed by atoms with van der Waals surface area (Å²) in [6.07, 6.45) is 0. The Balaban J connectivity index is 1.96. The summed E-state index contributed by atoms with van der Waals surface area (Å²) in [5.74, 6) is -1.09. The van der Waals surface area contributed by atoms with Gasteiger partial charge < -0.3 is 0 Å². The van der Waals surface area contributed by atoms with Crippen molar-refractivity contribution in [1.29, 1.82) is 0 Å². The van der Waals surface area contributed by atoms with Crippen molar-refractivity contribution in [1.82, 2.24) is 14.5 Å². The van der Waals surface area contributed by atoms with E-state index in [1.54, 1.807) is 13.8 Å². The molecule has 1 aliphatic heterocycles. The van der Waals surface area contributed by atoms with Crippen LogP contribution in [0.3, 0.4) is 0 Å². The number of benzene rings is 1. The van der Waals surface area contributed by atoms with Gasteiger partial charge in [0.05, 0.1) is 5.56 Å². The Hall–Kier alpha value is -2.33. The highest BCUT2D eigenvalue weighted by atomic mass is 32.2. The molecule has 3 rings (SSSR count). The number of hydrogen-bond acceptors (Lipinski definition) is 7. The van der Waals surface area contributed by atoms with Gasteiger partial charge in [0.2, 0.25) is 5.13 Å². The third kappa shape index (κ3) is 2.49. The first kappa shape index (κ1) is 15.6. The van der Waals surface area contributed by atoms with Crippen LogP contribution in [0, 0.1) is 6.92 Å². The minimum Gasteiger partial charge on any atom is -0.296 e. The molecule has 0 radical (unpaired) electrons. The lowest BCUT2D eigenvalue weighted by molar-refractivity contribution is 0.0875. The molecule has 23 heavy (non-hydrogen) atoms. The fourth-order valence-electron chi connectivity index (χ4n) is 2.25. The summed E-state index contributed by atoms with van der Waals surface area (Å²) in [5.41, 5.74) is 0.209. The van der Waals surface area contributed by atoms with E-state index in [4.69, 9.17) is 0 Å². The van der Waals surface area contributed by atoms with Crippen LogP contribution in [0.5, 0.6) is 0 Å². The highest BCUT2D eigenvalue weighted by Gasteiger charge is 2.40. The zero-order valence-electron chi connectivity index (χ0n) is 12.2. The van der Waals surface area contributed by atoms with Gasteiger partial charge in [0.25, 0.3) is 21.8 Å². The van der Waals surface area contributed by atoms with Gasteiger partial charge in [0.1, 0.15) is 9.90 Å². The third-order valence-electron chi connectivity index (χ3n) is 3.30. The van der Waals surface area contributed by atoms with Crippen molar-refractivity contribution in [3.63, 3.8) is 0 Å². The lowest BCUT2D eigenvalue weighted by Crippen LogP contribution is -2.29. The molecule has 0 saturated heterocycles. The molecule has 2 aromatic rings. The minimum absolute atomic E-state index is 0.0431. The predicted molar refractivity (Wildman–Crippen MR) is 82.9 cm³/mol. The molecule has 120 valence electrons. The van der Waals surface area contributed by atoms with Crippen molar-refractivity contribution < 1.29 is 18.0 Å². The van der Waals surface area contributed by atoms with Crippen molar-refractivity contribution in [2.24, 2.45) is 0 Å². The van der Waals surface area contributed by atoms with Crippen LogP contribution in [0.25, 0.3) is 0 Å². The van der Waals surface area contributed by atoms with Gasteiger partial charge in [-0.05, 0) is 32.0 Å². The predicted octanol–water partition coefficient (Wildman–Crippen LogP) is 1.26. The van der Waals surface area contributed by atoms with Gasteiger partial charge >= 0.3 is 0 Å². The maximum Gasteiger partial charge on any atom is 0.268 e. The number of fused-ring (bicyclic) bond motifs is 1. The molecule has 8 nitrogen and oxygen atoms in total. The number of hydrogen-bond donors (Lipinski definition) is 1. The van der Waals surface area contributed by atoms with Crippen molar-refractivity contribution in [2.45, 2.75) is 18.7 Å². The van der Waals surface area contributed by atoms with Gasteiger partial charge in [-0.1, -0.05) is 11.3 Å². The molecule has 10 heteroatoms. The van der Waals surface area contributed by atoms with Gasteiger partial charge in [-0.15, -0.1) is 10.2 Å². The molecule has 0 fully saturated rings. The summed E-state index contributed by atoms with van der Waals surface area (Å²) in [7, 11) is -3.89. The van der Waals surface area contributed by atoms with E-state index < -0.39 is 21.8 Å². The lowest BCUT2D eigenvalue weighted by Gasteiger charge is -2.11. The summed E-state index contributed by atoms with van der Waals surface area (Å²) in [6, 6.07) is 3.97. The van der Waals surface area contributed by atoms with Crippen LogP contribution < -0.4 is 5.32 Å². The number of amides is 2. The van der Waals surface area contributed by atoms with E-state index in [2.05, 4.69) is 15.5 Å². The summed E-state index contributed by atoms with van der Waals surface area (Å²) < 4.78 is 25.4. The fraction of sp³-hybridized carbons (Fsp3) is 0.231. The van der Waals surface area contributed by atoms with Crippen LogP contribution in [-0.2, 0) is 10.0 Å². The third-order valence-corrected chi connectivity index (χ3v) is 5.95. The van der Waals surface area contributed by atoms with Crippen LogP contribution in [0.2, 0.25) is 0 Å².